The number of nitrogens with two attached hydrogens (primary N) is 1. The zero-order valence-corrected chi connectivity index (χ0v) is 16.3. The Hall–Kier alpha value is -1.99. The monoisotopic (exact) mass is 379 g/mol. The van der Waals surface area contributed by atoms with Crippen LogP contribution in [0.25, 0.3) is 10.8 Å². The van der Waals surface area contributed by atoms with Crippen LogP contribution in [0.15, 0.2) is 42.5 Å². The van der Waals surface area contributed by atoms with Crippen LogP contribution in [0.2, 0.25) is 0 Å². The number of likely N-dealkylation sites (N-methyl/N-ethyl adjacent to an activating group) is 1. The Morgan fingerprint density at radius 2 is 1.93 bits per heavy atom. The molecule has 0 saturated carbocycles. The fourth-order valence-corrected chi connectivity index (χ4v) is 5.37. The number of piperidine rings is 1. The highest BCUT2D eigenvalue weighted by Gasteiger charge is 2.44. The van der Waals surface area contributed by atoms with E-state index in [2.05, 4.69) is 63.1 Å². The summed E-state index contributed by atoms with van der Waals surface area (Å²) in [4.78, 5) is 17.4. The second kappa shape index (κ2) is 7.12. The standard InChI is InChI=1S/C22H29N5O/c1-26-12-15(23)11-20(26)22(28)27-10-9-19-18(13-27)21(25-24-19)17-8-4-6-14-5-2-3-7-16(14)17/h2-8,15,18-21,24-25H,9-13,23H2,1H3/t15-,18?,19?,20-,21?/m0/s1. The van der Waals surface area contributed by atoms with Gasteiger partial charge in [0.05, 0.1) is 12.1 Å². The topological polar surface area (TPSA) is 73.6 Å². The van der Waals surface area contributed by atoms with Crippen molar-refractivity contribution in [2.24, 2.45) is 11.7 Å². The van der Waals surface area contributed by atoms with Gasteiger partial charge in [0.2, 0.25) is 5.91 Å². The number of carbonyl (C=O) groups is 1. The lowest BCUT2D eigenvalue weighted by Crippen LogP contribution is -2.52. The summed E-state index contributed by atoms with van der Waals surface area (Å²) in [5, 5.41) is 2.55. The van der Waals surface area contributed by atoms with Gasteiger partial charge < -0.3 is 10.6 Å². The Labute approximate surface area is 166 Å². The van der Waals surface area contributed by atoms with E-state index in [1.54, 1.807) is 0 Å². The van der Waals surface area contributed by atoms with E-state index in [0.717, 1.165) is 32.5 Å². The van der Waals surface area contributed by atoms with E-state index < -0.39 is 0 Å². The van der Waals surface area contributed by atoms with Crippen LogP contribution in [0, 0.1) is 5.92 Å². The smallest absolute Gasteiger partial charge is 0.239 e. The molecule has 1 amide bonds. The molecule has 6 heteroatoms. The van der Waals surface area contributed by atoms with Crippen molar-refractivity contribution >= 4 is 16.7 Å². The average Bonchev–Trinajstić information content (AvgIpc) is 3.28. The number of likely N-dealkylation sites (tertiary alicyclic amines) is 2. The van der Waals surface area contributed by atoms with E-state index in [0.29, 0.717) is 12.0 Å². The molecule has 4 N–H and O–H groups in total. The third kappa shape index (κ3) is 3.01. The van der Waals surface area contributed by atoms with Crippen LogP contribution in [-0.2, 0) is 4.79 Å². The van der Waals surface area contributed by atoms with Crippen LogP contribution in [0.5, 0.6) is 0 Å². The van der Waals surface area contributed by atoms with E-state index in [1.165, 1.54) is 16.3 Å². The van der Waals surface area contributed by atoms with Crippen molar-refractivity contribution in [2.75, 3.05) is 26.7 Å². The lowest BCUT2D eigenvalue weighted by Gasteiger charge is -2.38. The van der Waals surface area contributed by atoms with Crippen molar-refractivity contribution in [3.8, 4) is 0 Å². The van der Waals surface area contributed by atoms with Crippen molar-refractivity contribution in [2.45, 2.75) is 37.0 Å². The summed E-state index contributed by atoms with van der Waals surface area (Å²) < 4.78 is 0. The second-order valence-electron chi connectivity index (χ2n) is 8.63. The van der Waals surface area contributed by atoms with Crippen LogP contribution < -0.4 is 16.6 Å². The van der Waals surface area contributed by atoms with E-state index >= 15 is 0 Å². The van der Waals surface area contributed by atoms with Gasteiger partial charge in [0.25, 0.3) is 0 Å². The van der Waals surface area contributed by atoms with Gasteiger partial charge in [0.1, 0.15) is 0 Å². The molecule has 5 atom stereocenters. The van der Waals surface area contributed by atoms with Gasteiger partial charge in [-0.1, -0.05) is 42.5 Å². The Morgan fingerprint density at radius 1 is 1.11 bits per heavy atom. The average molecular weight is 380 g/mol. The van der Waals surface area contributed by atoms with E-state index in [1.807, 2.05) is 7.05 Å². The van der Waals surface area contributed by atoms with Crippen LogP contribution in [0.3, 0.4) is 0 Å². The Morgan fingerprint density at radius 3 is 2.75 bits per heavy atom. The molecule has 2 aromatic rings. The van der Waals surface area contributed by atoms with E-state index in [-0.39, 0.29) is 24.0 Å². The summed E-state index contributed by atoms with van der Waals surface area (Å²) in [6.07, 6.45) is 1.75. The molecule has 0 radical (unpaired) electrons. The highest BCUT2D eigenvalue weighted by molar-refractivity contribution is 5.86. The highest BCUT2D eigenvalue weighted by Crippen LogP contribution is 2.37. The van der Waals surface area contributed by atoms with Gasteiger partial charge >= 0.3 is 0 Å². The number of rotatable bonds is 2. The van der Waals surface area contributed by atoms with Crippen molar-refractivity contribution in [1.82, 2.24) is 20.7 Å². The van der Waals surface area contributed by atoms with E-state index in [9.17, 15) is 4.79 Å². The highest BCUT2D eigenvalue weighted by atomic mass is 16.2. The third-order valence-corrected chi connectivity index (χ3v) is 6.85. The Bertz CT molecular complexity index is 881. The largest absolute Gasteiger partial charge is 0.341 e. The predicted octanol–water partition coefficient (Wildman–Crippen LogP) is 1.24. The fourth-order valence-electron chi connectivity index (χ4n) is 5.37. The molecule has 3 aliphatic rings. The zero-order valence-electron chi connectivity index (χ0n) is 16.3. The maximum absolute atomic E-state index is 13.2. The number of amides is 1. The first-order valence-electron chi connectivity index (χ1n) is 10.3. The fraction of sp³-hybridized carbons (Fsp3) is 0.500. The predicted molar refractivity (Wildman–Crippen MR) is 110 cm³/mol. The zero-order chi connectivity index (χ0) is 19.3. The molecule has 3 fully saturated rings. The van der Waals surface area contributed by atoms with Gasteiger partial charge in [-0.15, -0.1) is 0 Å². The van der Waals surface area contributed by atoms with Crippen LogP contribution in [0.1, 0.15) is 24.4 Å². The normalized spacial score (nSPS) is 33.4. The number of nitrogens with zero attached hydrogens (tertiary/aromatic N) is 2. The molecule has 3 heterocycles. The van der Waals surface area contributed by atoms with Crippen molar-refractivity contribution < 1.29 is 4.79 Å². The molecule has 3 saturated heterocycles. The van der Waals surface area contributed by atoms with Crippen molar-refractivity contribution in [1.29, 1.82) is 0 Å². The summed E-state index contributed by atoms with van der Waals surface area (Å²) in [7, 11) is 2.01. The molecule has 3 unspecified atom stereocenters. The molecule has 2 aromatic carbocycles. The molecule has 148 valence electrons. The van der Waals surface area contributed by atoms with Crippen LogP contribution in [-0.4, -0.2) is 60.5 Å². The number of benzene rings is 2. The van der Waals surface area contributed by atoms with Crippen molar-refractivity contribution in [3.05, 3.63) is 48.0 Å². The molecule has 0 bridgehead atoms. The molecule has 3 aliphatic heterocycles. The quantitative estimate of drug-likeness (QED) is 0.732. The summed E-state index contributed by atoms with van der Waals surface area (Å²) in [5.74, 6) is 0.612. The number of hydrogen-bond acceptors (Lipinski definition) is 5. The summed E-state index contributed by atoms with van der Waals surface area (Å²) in [6, 6.07) is 15.7. The maximum Gasteiger partial charge on any atom is 0.239 e. The molecule has 5 rings (SSSR count). The summed E-state index contributed by atoms with van der Waals surface area (Å²) in [6.45, 7) is 2.41. The number of nitrogens with one attached hydrogen (secondary N) is 2. The van der Waals surface area contributed by atoms with Gasteiger partial charge in [-0.3, -0.25) is 15.1 Å². The van der Waals surface area contributed by atoms with Gasteiger partial charge in [0.15, 0.2) is 0 Å². The first-order valence-corrected chi connectivity index (χ1v) is 10.3. The number of hydrazine groups is 1. The first kappa shape index (κ1) is 18.1. The van der Waals surface area contributed by atoms with E-state index in [4.69, 9.17) is 5.73 Å². The second-order valence-corrected chi connectivity index (χ2v) is 8.63. The molecule has 6 nitrogen and oxygen atoms in total. The minimum atomic E-state index is -0.0649. The molecule has 28 heavy (non-hydrogen) atoms. The number of hydrogen-bond donors (Lipinski definition) is 3. The SMILES string of the molecule is CN1C[C@@H](N)C[C@H]1C(=O)N1CCC2NNC(c3cccc4ccccc34)C2C1. The number of carbonyl (C=O) groups excluding carboxylic acids is 1. The van der Waals surface area contributed by atoms with Crippen molar-refractivity contribution in [3.63, 3.8) is 0 Å². The van der Waals surface area contributed by atoms with Gasteiger partial charge in [-0.2, -0.15) is 0 Å². The molecule has 0 aromatic heterocycles. The van der Waals surface area contributed by atoms with Crippen LogP contribution >= 0.6 is 0 Å². The summed E-state index contributed by atoms with van der Waals surface area (Å²) >= 11 is 0. The minimum Gasteiger partial charge on any atom is -0.341 e. The Balaban J connectivity index is 1.39. The summed E-state index contributed by atoms with van der Waals surface area (Å²) in [5.41, 5.74) is 14.4. The molecular formula is C22H29N5O. The van der Waals surface area contributed by atoms with Gasteiger partial charge in [0, 0.05) is 37.6 Å². The van der Waals surface area contributed by atoms with Gasteiger partial charge in [-0.25, -0.2) is 5.43 Å². The van der Waals surface area contributed by atoms with Crippen LogP contribution in [0.4, 0.5) is 0 Å². The minimum absolute atomic E-state index is 0.0649. The third-order valence-electron chi connectivity index (χ3n) is 6.85. The Kier molecular flexibility index (Phi) is 4.59. The number of fused-ring (bicyclic) bond motifs is 2. The van der Waals surface area contributed by atoms with Gasteiger partial charge in [-0.05, 0) is 36.2 Å². The maximum atomic E-state index is 13.2. The lowest BCUT2D eigenvalue weighted by atomic mass is 9.83. The first-order chi connectivity index (χ1) is 13.6. The molecular weight excluding hydrogens is 350 g/mol. The lowest BCUT2D eigenvalue weighted by molar-refractivity contribution is -0.137. The molecule has 0 spiro atoms. The molecule has 0 aliphatic carbocycles.